The number of hydrogen-bond acceptors (Lipinski definition) is 3. The summed E-state index contributed by atoms with van der Waals surface area (Å²) in [4.78, 5) is 10.7. The van der Waals surface area contributed by atoms with E-state index in [0.29, 0.717) is 13.0 Å². The Morgan fingerprint density at radius 3 is 2.60 bits per heavy atom. The number of nitrogens with one attached hydrogen (secondary N) is 1. The fourth-order valence-corrected chi connectivity index (χ4v) is 2.41. The van der Waals surface area contributed by atoms with E-state index in [4.69, 9.17) is 0 Å². The fraction of sp³-hybridized carbons (Fsp3) is 0.200. The van der Waals surface area contributed by atoms with Crippen LogP contribution in [-0.4, -0.2) is 4.92 Å². The summed E-state index contributed by atoms with van der Waals surface area (Å²) in [5, 5.41) is 14.2. The first-order chi connectivity index (χ1) is 9.61. The summed E-state index contributed by atoms with van der Waals surface area (Å²) in [6.45, 7) is 2.53. The van der Waals surface area contributed by atoms with E-state index in [1.165, 1.54) is 0 Å². The molecule has 2 rings (SSSR count). The smallest absolute Gasteiger partial charge is 0.274 e. The Morgan fingerprint density at radius 2 is 1.95 bits per heavy atom. The normalized spacial score (nSPS) is 10.3. The molecule has 0 saturated carbocycles. The van der Waals surface area contributed by atoms with E-state index in [-0.39, 0.29) is 10.6 Å². The van der Waals surface area contributed by atoms with Crippen LogP contribution in [-0.2, 0) is 13.0 Å². The van der Waals surface area contributed by atoms with Crippen molar-refractivity contribution >= 4 is 27.3 Å². The van der Waals surface area contributed by atoms with Gasteiger partial charge in [-0.2, -0.15) is 0 Å². The molecule has 2 aromatic rings. The highest BCUT2D eigenvalue weighted by molar-refractivity contribution is 9.10. The van der Waals surface area contributed by atoms with Crippen LogP contribution in [0.2, 0.25) is 0 Å². The topological polar surface area (TPSA) is 55.2 Å². The number of nitro benzene ring substituents is 1. The minimum absolute atomic E-state index is 0.171. The molecule has 0 amide bonds. The molecule has 0 aromatic heterocycles. The third kappa shape index (κ3) is 3.36. The number of nitrogens with zero attached hydrogens (tertiary/aromatic N) is 1. The molecule has 0 atom stereocenters. The molecule has 4 nitrogen and oxygen atoms in total. The van der Waals surface area contributed by atoms with Gasteiger partial charge < -0.3 is 5.32 Å². The summed E-state index contributed by atoms with van der Waals surface area (Å²) >= 11 is 3.48. The maximum absolute atomic E-state index is 11.0. The van der Waals surface area contributed by atoms with Crippen LogP contribution in [0.3, 0.4) is 0 Å². The van der Waals surface area contributed by atoms with Gasteiger partial charge in [0.15, 0.2) is 0 Å². The van der Waals surface area contributed by atoms with E-state index in [0.717, 1.165) is 21.3 Å². The van der Waals surface area contributed by atoms with Crippen molar-refractivity contribution in [3.8, 4) is 0 Å². The Bertz CT molecular complexity index is 629. The molecule has 0 aliphatic rings. The zero-order chi connectivity index (χ0) is 14.5. The molecule has 0 spiro atoms. The third-order valence-corrected chi connectivity index (χ3v) is 3.88. The van der Waals surface area contributed by atoms with E-state index in [2.05, 4.69) is 21.2 Å². The predicted octanol–water partition coefficient (Wildman–Crippen LogP) is 4.53. The van der Waals surface area contributed by atoms with Gasteiger partial charge in [0.05, 0.1) is 4.92 Å². The highest BCUT2D eigenvalue weighted by Gasteiger charge is 2.12. The molecule has 0 aliphatic carbocycles. The molecule has 0 saturated heterocycles. The Kier molecular flexibility index (Phi) is 4.74. The quantitative estimate of drug-likeness (QED) is 0.645. The van der Waals surface area contributed by atoms with Crippen molar-refractivity contribution in [1.29, 1.82) is 0 Å². The van der Waals surface area contributed by atoms with Crippen LogP contribution in [0, 0.1) is 10.1 Å². The third-order valence-electron chi connectivity index (χ3n) is 3.10. The molecule has 5 heteroatoms. The van der Waals surface area contributed by atoms with Crippen LogP contribution in [0.25, 0.3) is 0 Å². The fourth-order valence-electron chi connectivity index (χ4n) is 1.98. The molecular weight excluding hydrogens is 320 g/mol. The maximum Gasteiger partial charge on any atom is 0.274 e. The molecule has 0 bridgehead atoms. The average Bonchev–Trinajstić information content (AvgIpc) is 2.46. The number of nitro groups is 1. The zero-order valence-electron chi connectivity index (χ0n) is 11.1. The van der Waals surface area contributed by atoms with Crippen LogP contribution in [0.5, 0.6) is 0 Å². The first-order valence-electron chi connectivity index (χ1n) is 6.36. The molecule has 104 valence electrons. The second-order valence-electron chi connectivity index (χ2n) is 4.40. The summed E-state index contributed by atoms with van der Waals surface area (Å²) in [6.07, 6.45) is 0.654. The highest BCUT2D eigenvalue weighted by atomic mass is 79.9. The van der Waals surface area contributed by atoms with Gasteiger partial charge in [-0.1, -0.05) is 47.1 Å². The van der Waals surface area contributed by atoms with Crippen molar-refractivity contribution in [2.75, 3.05) is 5.32 Å². The Labute approximate surface area is 126 Å². The standard InChI is InChI=1S/C15H15BrN2O2/c1-2-11-7-8-13(9-15(11)18(19)20)17-10-12-5-3-4-6-14(12)16/h3-9,17H,2,10H2,1H3. The van der Waals surface area contributed by atoms with E-state index < -0.39 is 0 Å². The Balaban J connectivity index is 2.16. The lowest BCUT2D eigenvalue weighted by Crippen LogP contribution is -2.02. The maximum atomic E-state index is 11.0. The van der Waals surface area contributed by atoms with E-state index in [1.54, 1.807) is 12.1 Å². The molecule has 0 fully saturated rings. The van der Waals surface area contributed by atoms with Crippen molar-refractivity contribution < 1.29 is 4.92 Å². The Hall–Kier alpha value is -1.88. The lowest BCUT2D eigenvalue weighted by atomic mass is 10.1. The van der Waals surface area contributed by atoms with Gasteiger partial charge in [0.25, 0.3) is 5.69 Å². The van der Waals surface area contributed by atoms with Gasteiger partial charge in [-0.05, 0) is 24.1 Å². The Morgan fingerprint density at radius 1 is 1.20 bits per heavy atom. The SMILES string of the molecule is CCc1ccc(NCc2ccccc2Br)cc1[N+](=O)[O-]. The van der Waals surface area contributed by atoms with Crippen molar-refractivity contribution in [3.05, 3.63) is 68.2 Å². The second-order valence-corrected chi connectivity index (χ2v) is 5.25. The largest absolute Gasteiger partial charge is 0.381 e. The molecule has 20 heavy (non-hydrogen) atoms. The van der Waals surface area contributed by atoms with Crippen molar-refractivity contribution in [2.24, 2.45) is 0 Å². The van der Waals surface area contributed by atoms with Crippen LogP contribution in [0.1, 0.15) is 18.1 Å². The molecule has 2 aromatic carbocycles. The van der Waals surface area contributed by atoms with Crippen molar-refractivity contribution in [2.45, 2.75) is 19.9 Å². The lowest BCUT2D eigenvalue weighted by Gasteiger charge is -2.09. The molecule has 1 N–H and O–H groups in total. The molecular formula is C15H15BrN2O2. The molecule has 0 aliphatic heterocycles. The molecule has 0 unspecified atom stereocenters. The predicted molar refractivity (Wildman–Crippen MR) is 83.9 cm³/mol. The first-order valence-corrected chi connectivity index (χ1v) is 7.15. The summed E-state index contributed by atoms with van der Waals surface area (Å²) in [5.74, 6) is 0. The van der Waals surface area contributed by atoms with Crippen LogP contribution >= 0.6 is 15.9 Å². The van der Waals surface area contributed by atoms with Gasteiger partial charge in [-0.3, -0.25) is 10.1 Å². The minimum Gasteiger partial charge on any atom is -0.381 e. The number of anilines is 1. The van der Waals surface area contributed by atoms with E-state index >= 15 is 0 Å². The number of rotatable bonds is 5. The first kappa shape index (κ1) is 14.5. The van der Waals surface area contributed by atoms with Crippen LogP contribution < -0.4 is 5.32 Å². The second kappa shape index (κ2) is 6.52. The number of aryl methyl sites for hydroxylation is 1. The van der Waals surface area contributed by atoms with E-state index in [1.807, 2.05) is 37.3 Å². The van der Waals surface area contributed by atoms with Gasteiger partial charge in [-0.25, -0.2) is 0 Å². The molecule has 0 heterocycles. The summed E-state index contributed by atoms with van der Waals surface area (Å²) in [7, 11) is 0. The van der Waals surface area contributed by atoms with Crippen molar-refractivity contribution in [1.82, 2.24) is 0 Å². The minimum atomic E-state index is -0.331. The number of benzene rings is 2. The number of hydrogen-bond donors (Lipinski definition) is 1. The van der Waals surface area contributed by atoms with Crippen molar-refractivity contribution in [3.63, 3.8) is 0 Å². The molecule has 0 radical (unpaired) electrons. The van der Waals surface area contributed by atoms with Crippen LogP contribution in [0.4, 0.5) is 11.4 Å². The highest BCUT2D eigenvalue weighted by Crippen LogP contribution is 2.24. The summed E-state index contributed by atoms with van der Waals surface area (Å²) in [5.41, 5.74) is 2.78. The summed E-state index contributed by atoms with van der Waals surface area (Å²) in [6, 6.07) is 13.2. The van der Waals surface area contributed by atoms with Gasteiger partial charge in [0, 0.05) is 28.3 Å². The monoisotopic (exact) mass is 334 g/mol. The number of halogens is 1. The van der Waals surface area contributed by atoms with Gasteiger partial charge in [0.1, 0.15) is 0 Å². The van der Waals surface area contributed by atoms with Gasteiger partial charge >= 0.3 is 0 Å². The van der Waals surface area contributed by atoms with Gasteiger partial charge in [0.2, 0.25) is 0 Å². The zero-order valence-corrected chi connectivity index (χ0v) is 12.7. The van der Waals surface area contributed by atoms with Crippen LogP contribution in [0.15, 0.2) is 46.9 Å². The van der Waals surface area contributed by atoms with Gasteiger partial charge in [-0.15, -0.1) is 0 Å². The lowest BCUT2D eigenvalue weighted by molar-refractivity contribution is -0.385. The van der Waals surface area contributed by atoms with E-state index in [9.17, 15) is 10.1 Å². The summed E-state index contributed by atoms with van der Waals surface area (Å²) < 4.78 is 1.02. The average molecular weight is 335 g/mol.